The highest BCUT2D eigenvalue weighted by Crippen LogP contribution is 2.25. The average Bonchev–Trinajstić information content (AvgIpc) is 2.80. The van der Waals surface area contributed by atoms with Gasteiger partial charge in [-0.2, -0.15) is 0 Å². The lowest BCUT2D eigenvalue weighted by atomic mass is 9.98. The second kappa shape index (κ2) is 10.0. The van der Waals surface area contributed by atoms with Crippen molar-refractivity contribution in [1.82, 2.24) is 15.6 Å². The van der Waals surface area contributed by atoms with Crippen LogP contribution < -0.4 is 16.0 Å². The summed E-state index contributed by atoms with van der Waals surface area (Å²) >= 11 is 6.51. The van der Waals surface area contributed by atoms with Crippen LogP contribution in [-0.4, -0.2) is 41.7 Å². The number of amidine groups is 1. The number of dihydropyridines is 1. The van der Waals surface area contributed by atoms with Crippen molar-refractivity contribution in [2.24, 2.45) is 10.9 Å². The maximum Gasteiger partial charge on any atom is 0.229 e. The Bertz CT molecular complexity index is 1000. The first-order valence-corrected chi connectivity index (χ1v) is 10.9. The molecule has 1 fully saturated rings. The Kier molecular flexibility index (Phi) is 6.94. The van der Waals surface area contributed by atoms with Gasteiger partial charge < -0.3 is 16.0 Å². The van der Waals surface area contributed by atoms with Gasteiger partial charge in [-0.15, -0.1) is 11.6 Å². The van der Waals surface area contributed by atoms with Gasteiger partial charge in [-0.3, -0.25) is 9.79 Å². The molecule has 0 aliphatic carbocycles. The summed E-state index contributed by atoms with van der Waals surface area (Å²) in [6, 6.07) is 12.1. The van der Waals surface area contributed by atoms with Crippen molar-refractivity contribution in [3.8, 4) is 0 Å². The zero-order chi connectivity index (χ0) is 21.6. The van der Waals surface area contributed by atoms with E-state index in [0.29, 0.717) is 37.0 Å². The number of nitrogens with zero attached hydrogens (tertiary/aromatic N) is 2. The van der Waals surface area contributed by atoms with Crippen molar-refractivity contribution < 1.29 is 9.18 Å². The molecule has 31 heavy (non-hydrogen) atoms. The number of carbonyl (C=O) groups is 1. The Labute approximate surface area is 186 Å². The fourth-order valence-electron chi connectivity index (χ4n) is 3.71. The molecule has 2 aliphatic heterocycles. The lowest BCUT2D eigenvalue weighted by Crippen LogP contribution is -2.43. The number of halogens is 2. The first-order chi connectivity index (χ1) is 15.1. The largest absolute Gasteiger partial charge is 0.366 e. The number of aliphatic imine (C=N–C) groups is 1. The molecule has 1 saturated heterocycles. The minimum atomic E-state index is -0.331. The van der Waals surface area contributed by atoms with E-state index < -0.39 is 0 Å². The predicted octanol–water partition coefficient (Wildman–Crippen LogP) is 3.35. The van der Waals surface area contributed by atoms with Crippen LogP contribution in [0.15, 0.2) is 53.5 Å². The van der Waals surface area contributed by atoms with Gasteiger partial charge in [0, 0.05) is 18.7 Å². The molecule has 2 aliphatic rings. The van der Waals surface area contributed by atoms with E-state index >= 15 is 0 Å². The van der Waals surface area contributed by atoms with Gasteiger partial charge in [0.1, 0.15) is 17.5 Å². The predicted molar refractivity (Wildman–Crippen MR) is 122 cm³/mol. The summed E-state index contributed by atoms with van der Waals surface area (Å²) in [5.41, 5.74) is 2.35. The average molecular weight is 442 g/mol. The Hall–Kier alpha value is -2.77. The summed E-state index contributed by atoms with van der Waals surface area (Å²) in [5, 5.41) is 9.07. The van der Waals surface area contributed by atoms with Crippen LogP contribution in [0.25, 0.3) is 5.57 Å². The van der Waals surface area contributed by atoms with Gasteiger partial charge in [-0.25, -0.2) is 9.37 Å². The van der Waals surface area contributed by atoms with Crippen molar-refractivity contribution >= 4 is 34.7 Å². The normalized spacial score (nSPS) is 21.1. The quantitative estimate of drug-likeness (QED) is 0.622. The third-order valence-corrected chi connectivity index (χ3v) is 5.75. The molecule has 162 valence electrons. The van der Waals surface area contributed by atoms with E-state index in [2.05, 4.69) is 25.9 Å². The van der Waals surface area contributed by atoms with Crippen molar-refractivity contribution in [1.29, 1.82) is 0 Å². The lowest BCUT2D eigenvalue weighted by molar-refractivity contribution is -0.124. The number of piperidine rings is 1. The van der Waals surface area contributed by atoms with Crippen molar-refractivity contribution in [3.63, 3.8) is 0 Å². The smallest absolute Gasteiger partial charge is 0.229 e. The van der Waals surface area contributed by atoms with E-state index in [4.69, 9.17) is 11.6 Å². The minimum Gasteiger partial charge on any atom is -0.366 e. The summed E-state index contributed by atoms with van der Waals surface area (Å²) in [6.45, 7) is 2.47. The number of pyridine rings is 1. The van der Waals surface area contributed by atoms with Crippen molar-refractivity contribution in [2.45, 2.75) is 24.8 Å². The molecule has 1 aromatic heterocycles. The number of hydrogen-bond donors (Lipinski definition) is 3. The van der Waals surface area contributed by atoms with Crippen LogP contribution >= 0.6 is 11.6 Å². The minimum absolute atomic E-state index is 0.0203. The molecule has 6 nitrogen and oxygen atoms in total. The standard InChI is InChI=1S/C23H25ClFN5O/c24-19-14-28-22(30-23(31)16-5-3-9-26-13-16)11-18(19)20-7-2-8-21(29-20)27-12-15-4-1-6-17(25)10-15/h1-2,4,6-8,10-11,16,19,26H,3,5,9,12-14H2,(H,27,29)(H,28,30,31). The van der Waals surface area contributed by atoms with Gasteiger partial charge in [-0.1, -0.05) is 18.2 Å². The molecule has 2 unspecified atom stereocenters. The van der Waals surface area contributed by atoms with Crippen LogP contribution in [0.2, 0.25) is 0 Å². The summed E-state index contributed by atoms with van der Waals surface area (Å²) in [4.78, 5) is 21.6. The SMILES string of the molecule is O=C(NC1=NCC(Cl)C(c2cccc(NCc3cccc(F)c3)n2)=C1)C1CCCNC1. The maximum absolute atomic E-state index is 13.4. The summed E-state index contributed by atoms with van der Waals surface area (Å²) in [7, 11) is 0. The van der Waals surface area contributed by atoms with Crippen LogP contribution in [0, 0.1) is 11.7 Å². The van der Waals surface area contributed by atoms with Gasteiger partial charge in [0.25, 0.3) is 0 Å². The topological polar surface area (TPSA) is 78.4 Å². The second-order valence-electron chi connectivity index (χ2n) is 7.72. The summed E-state index contributed by atoms with van der Waals surface area (Å²) in [6.07, 6.45) is 3.67. The molecule has 8 heteroatoms. The molecule has 0 bridgehead atoms. The number of benzene rings is 1. The van der Waals surface area contributed by atoms with E-state index in [-0.39, 0.29) is 23.0 Å². The molecule has 3 heterocycles. The summed E-state index contributed by atoms with van der Waals surface area (Å²) in [5.74, 6) is 0.843. The molecule has 0 spiro atoms. The Morgan fingerprint density at radius 2 is 2.13 bits per heavy atom. The van der Waals surface area contributed by atoms with E-state index in [9.17, 15) is 9.18 Å². The first-order valence-electron chi connectivity index (χ1n) is 10.5. The Morgan fingerprint density at radius 3 is 2.94 bits per heavy atom. The third kappa shape index (κ3) is 5.68. The summed E-state index contributed by atoms with van der Waals surface area (Å²) < 4.78 is 13.4. The van der Waals surface area contributed by atoms with Gasteiger partial charge in [0.15, 0.2) is 0 Å². The third-order valence-electron chi connectivity index (χ3n) is 5.38. The number of hydrogen-bond acceptors (Lipinski definition) is 5. The van der Waals surface area contributed by atoms with E-state index in [1.54, 1.807) is 12.1 Å². The monoisotopic (exact) mass is 441 g/mol. The molecule has 3 N–H and O–H groups in total. The van der Waals surface area contributed by atoms with Gasteiger partial charge >= 0.3 is 0 Å². The van der Waals surface area contributed by atoms with E-state index in [1.165, 1.54) is 12.1 Å². The van der Waals surface area contributed by atoms with Crippen molar-refractivity contribution in [2.75, 3.05) is 25.0 Å². The van der Waals surface area contributed by atoms with Crippen LogP contribution in [0.3, 0.4) is 0 Å². The Morgan fingerprint density at radius 1 is 1.26 bits per heavy atom. The molecular weight excluding hydrogens is 417 g/mol. The molecule has 4 rings (SSSR count). The van der Waals surface area contributed by atoms with Gasteiger partial charge in [-0.05, 0) is 55.3 Å². The number of amides is 1. The van der Waals surface area contributed by atoms with E-state index in [1.807, 2.05) is 24.3 Å². The molecule has 0 saturated carbocycles. The van der Waals surface area contributed by atoms with Crippen LogP contribution in [0.1, 0.15) is 24.1 Å². The highest BCUT2D eigenvalue weighted by atomic mass is 35.5. The fourth-order valence-corrected chi connectivity index (χ4v) is 3.95. The lowest BCUT2D eigenvalue weighted by Gasteiger charge is -2.23. The maximum atomic E-state index is 13.4. The molecule has 2 aromatic rings. The van der Waals surface area contributed by atoms with Crippen LogP contribution in [0.4, 0.5) is 10.2 Å². The van der Waals surface area contributed by atoms with Gasteiger partial charge in [0.05, 0.1) is 23.5 Å². The number of nitrogens with one attached hydrogen (secondary N) is 3. The highest BCUT2D eigenvalue weighted by Gasteiger charge is 2.24. The highest BCUT2D eigenvalue weighted by molar-refractivity contribution is 6.28. The van der Waals surface area contributed by atoms with Gasteiger partial charge in [0.2, 0.25) is 5.91 Å². The second-order valence-corrected chi connectivity index (χ2v) is 8.24. The Balaban J connectivity index is 1.45. The molecule has 1 amide bonds. The van der Waals surface area contributed by atoms with Crippen LogP contribution in [0.5, 0.6) is 0 Å². The van der Waals surface area contributed by atoms with E-state index in [0.717, 1.165) is 30.5 Å². The molecular formula is C23H25ClFN5O. The fraction of sp³-hybridized carbons (Fsp3) is 0.348. The number of aromatic nitrogens is 1. The number of alkyl halides is 1. The molecule has 1 aromatic carbocycles. The zero-order valence-electron chi connectivity index (χ0n) is 17.1. The zero-order valence-corrected chi connectivity index (χ0v) is 17.8. The first kappa shape index (κ1) is 21.5. The van der Waals surface area contributed by atoms with Crippen LogP contribution in [-0.2, 0) is 11.3 Å². The molecule has 2 atom stereocenters. The molecule has 0 radical (unpaired) electrons. The number of rotatable bonds is 5. The number of carbonyl (C=O) groups excluding carboxylic acids is 1. The number of anilines is 1. The van der Waals surface area contributed by atoms with Crippen molar-refractivity contribution in [3.05, 3.63) is 65.6 Å².